The molecule has 0 bridgehead atoms. The second-order valence-electron chi connectivity index (χ2n) is 9.62. The fourth-order valence-corrected chi connectivity index (χ4v) is 4.58. The lowest BCUT2D eigenvalue weighted by Gasteiger charge is -2.25. The van der Waals surface area contributed by atoms with Crippen molar-refractivity contribution in [1.82, 2.24) is 0 Å². The molecule has 0 fully saturated rings. The number of carbonyl (C=O) groups excluding carboxylic acids is 2. The highest BCUT2D eigenvalue weighted by Gasteiger charge is 2.36. The fraction of sp³-hybridized carbons (Fsp3) is 0.667. The Bertz CT molecular complexity index is 697. The monoisotopic (exact) mass is 470 g/mol. The topological polar surface area (TPSA) is 52.6 Å². The number of rotatable bonds is 18. The maximum absolute atomic E-state index is 12.6. The van der Waals surface area contributed by atoms with E-state index in [-0.39, 0.29) is 11.9 Å². The van der Waals surface area contributed by atoms with Crippen LogP contribution in [0.3, 0.4) is 0 Å². The minimum atomic E-state index is -0.435. The number of unbranched alkanes of at least 4 members (excludes halogenated alkanes) is 11. The van der Waals surface area contributed by atoms with E-state index in [4.69, 9.17) is 9.47 Å². The van der Waals surface area contributed by atoms with E-state index in [1.54, 1.807) is 0 Å². The summed E-state index contributed by atoms with van der Waals surface area (Å²) in [6, 6.07) is 9.97. The van der Waals surface area contributed by atoms with Gasteiger partial charge in [0.15, 0.2) is 0 Å². The molecule has 0 radical (unpaired) electrons. The first kappa shape index (κ1) is 28.1. The Balaban J connectivity index is 1.54. The zero-order chi connectivity index (χ0) is 24.3. The summed E-state index contributed by atoms with van der Waals surface area (Å²) in [5.74, 6) is -1.40. The maximum atomic E-state index is 12.6. The van der Waals surface area contributed by atoms with Gasteiger partial charge in [0, 0.05) is 6.42 Å². The predicted molar refractivity (Wildman–Crippen MR) is 138 cm³/mol. The first-order valence-electron chi connectivity index (χ1n) is 13.7. The van der Waals surface area contributed by atoms with Gasteiger partial charge in [0.05, 0.1) is 25.0 Å². The molecule has 0 aromatic heterocycles. The van der Waals surface area contributed by atoms with Crippen LogP contribution >= 0.6 is 0 Å². The highest BCUT2D eigenvalue weighted by molar-refractivity contribution is 5.82. The van der Waals surface area contributed by atoms with Gasteiger partial charge in [0.25, 0.3) is 0 Å². The van der Waals surface area contributed by atoms with E-state index in [0.717, 1.165) is 18.4 Å². The Hall–Kier alpha value is -2.10. The van der Waals surface area contributed by atoms with Crippen molar-refractivity contribution in [3.63, 3.8) is 0 Å². The highest BCUT2D eigenvalue weighted by Crippen LogP contribution is 2.28. The first-order chi connectivity index (χ1) is 16.7. The standard InChI is InChI=1S/C30H46O4/c1-2-3-4-5-6-7-8-9-10-11-12-18-24-33-29(31)27-21-16-17-22-28(27)30(32)34-25-23-26-19-14-13-15-20-26/h13-17,19-20,27-28H,2-12,18,21-25H2,1H3. The molecule has 1 aromatic rings. The van der Waals surface area contributed by atoms with Gasteiger partial charge < -0.3 is 9.47 Å². The van der Waals surface area contributed by atoms with Gasteiger partial charge in [0.1, 0.15) is 0 Å². The van der Waals surface area contributed by atoms with E-state index in [0.29, 0.717) is 32.5 Å². The average Bonchev–Trinajstić information content (AvgIpc) is 2.87. The number of benzene rings is 1. The summed E-state index contributed by atoms with van der Waals surface area (Å²) < 4.78 is 11.1. The minimum absolute atomic E-state index is 0.252. The molecule has 0 amide bonds. The number of ether oxygens (including phenoxy) is 2. The molecule has 1 aliphatic carbocycles. The van der Waals surface area contributed by atoms with Crippen LogP contribution in [-0.4, -0.2) is 25.2 Å². The summed E-state index contributed by atoms with van der Waals surface area (Å²) in [5.41, 5.74) is 1.14. The molecule has 0 N–H and O–H groups in total. The molecule has 4 heteroatoms. The Morgan fingerprint density at radius 3 is 1.68 bits per heavy atom. The van der Waals surface area contributed by atoms with Crippen LogP contribution in [0.15, 0.2) is 42.5 Å². The second-order valence-corrected chi connectivity index (χ2v) is 9.62. The van der Waals surface area contributed by atoms with Crippen molar-refractivity contribution >= 4 is 11.9 Å². The molecule has 1 aliphatic rings. The molecule has 1 aromatic carbocycles. The third kappa shape index (κ3) is 11.9. The van der Waals surface area contributed by atoms with E-state index < -0.39 is 11.8 Å². The summed E-state index contributed by atoms with van der Waals surface area (Å²) in [7, 11) is 0. The van der Waals surface area contributed by atoms with Crippen LogP contribution < -0.4 is 0 Å². The Morgan fingerprint density at radius 2 is 1.15 bits per heavy atom. The van der Waals surface area contributed by atoms with Crippen molar-refractivity contribution in [3.8, 4) is 0 Å². The van der Waals surface area contributed by atoms with Crippen LogP contribution in [0.4, 0.5) is 0 Å². The molecule has 0 saturated heterocycles. The van der Waals surface area contributed by atoms with Crippen molar-refractivity contribution < 1.29 is 19.1 Å². The first-order valence-corrected chi connectivity index (χ1v) is 13.7. The predicted octanol–water partition coefficient (Wildman–Crippen LogP) is 7.60. The molecule has 0 aliphatic heterocycles. The SMILES string of the molecule is CCCCCCCCCCCCCCOC(=O)C1CC=CCC1C(=O)OCCc1ccccc1. The van der Waals surface area contributed by atoms with Gasteiger partial charge in [-0.15, -0.1) is 0 Å². The molecule has 190 valence electrons. The lowest BCUT2D eigenvalue weighted by atomic mass is 9.83. The molecule has 2 atom stereocenters. The zero-order valence-corrected chi connectivity index (χ0v) is 21.3. The molecule has 0 spiro atoms. The van der Waals surface area contributed by atoms with E-state index in [1.165, 1.54) is 64.2 Å². The van der Waals surface area contributed by atoms with Crippen LogP contribution in [0, 0.1) is 11.8 Å². The normalized spacial score (nSPS) is 17.4. The van der Waals surface area contributed by atoms with Crippen LogP contribution in [0.2, 0.25) is 0 Å². The van der Waals surface area contributed by atoms with Gasteiger partial charge in [-0.2, -0.15) is 0 Å². The van der Waals surface area contributed by atoms with Crippen molar-refractivity contribution in [1.29, 1.82) is 0 Å². The van der Waals surface area contributed by atoms with E-state index >= 15 is 0 Å². The quantitative estimate of drug-likeness (QED) is 0.126. The van der Waals surface area contributed by atoms with Gasteiger partial charge in [-0.1, -0.05) is 120 Å². The largest absolute Gasteiger partial charge is 0.465 e. The molecule has 2 rings (SSSR count). The molecule has 4 nitrogen and oxygen atoms in total. The molecule has 0 heterocycles. The van der Waals surface area contributed by atoms with Crippen LogP contribution in [0.5, 0.6) is 0 Å². The second kappa shape index (κ2) is 18.3. The molecule has 2 unspecified atom stereocenters. The van der Waals surface area contributed by atoms with Crippen molar-refractivity contribution in [3.05, 3.63) is 48.0 Å². The van der Waals surface area contributed by atoms with Crippen LogP contribution in [-0.2, 0) is 25.5 Å². The molecule has 0 saturated carbocycles. The summed E-state index contributed by atoms with van der Waals surface area (Å²) in [5, 5.41) is 0. The Labute approximate surface area is 207 Å². The lowest BCUT2D eigenvalue weighted by Crippen LogP contribution is -2.34. The van der Waals surface area contributed by atoms with Crippen molar-refractivity contribution in [2.45, 2.75) is 103 Å². The summed E-state index contributed by atoms with van der Waals surface area (Å²) in [6.45, 7) is 3.05. The van der Waals surface area contributed by atoms with Gasteiger partial charge in [-0.25, -0.2) is 0 Å². The van der Waals surface area contributed by atoms with E-state index in [9.17, 15) is 9.59 Å². The fourth-order valence-electron chi connectivity index (χ4n) is 4.58. The smallest absolute Gasteiger partial charge is 0.310 e. The van der Waals surface area contributed by atoms with Crippen LogP contribution in [0.1, 0.15) is 102 Å². The van der Waals surface area contributed by atoms with Gasteiger partial charge in [-0.3, -0.25) is 9.59 Å². The third-order valence-corrected chi connectivity index (χ3v) is 6.76. The number of hydrogen-bond acceptors (Lipinski definition) is 4. The number of carbonyl (C=O) groups is 2. The highest BCUT2D eigenvalue weighted by atomic mass is 16.5. The van der Waals surface area contributed by atoms with Gasteiger partial charge >= 0.3 is 11.9 Å². The van der Waals surface area contributed by atoms with Crippen molar-refractivity contribution in [2.24, 2.45) is 11.8 Å². The van der Waals surface area contributed by atoms with Crippen molar-refractivity contribution in [2.75, 3.05) is 13.2 Å². The summed E-state index contributed by atoms with van der Waals surface area (Å²) >= 11 is 0. The Kier molecular flexibility index (Phi) is 15.1. The molecular formula is C30H46O4. The van der Waals surface area contributed by atoms with Crippen LogP contribution in [0.25, 0.3) is 0 Å². The number of allylic oxidation sites excluding steroid dienone is 2. The van der Waals surface area contributed by atoms with Gasteiger partial charge in [-0.05, 0) is 24.8 Å². The third-order valence-electron chi connectivity index (χ3n) is 6.76. The maximum Gasteiger partial charge on any atom is 0.310 e. The lowest BCUT2D eigenvalue weighted by molar-refractivity contribution is -0.161. The molecular weight excluding hydrogens is 424 g/mol. The summed E-state index contributed by atoms with van der Waals surface area (Å²) in [4.78, 5) is 25.3. The minimum Gasteiger partial charge on any atom is -0.465 e. The number of hydrogen-bond donors (Lipinski definition) is 0. The van der Waals surface area contributed by atoms with Gasteiger partial charge in [0.2, 0.25) is 0 Å². The van der Waals surface area contributed by atoms with E-state index in [1.807, 2.05) is 42.5 Å². The molecule has 34 heavy (non-hydrogen) atoms. The zero-order valence-electron chi connectivity index (χ0n) is 21.3. The average molecular weight is 471 g/mol. The Morgan fingerprint density at radius 1 is 0.676 bits per heavy atom. The van der Waals surface area contributed by atoms with E-state index in [2.05, 4.69) is 6.92 Å². The summed E-state index contributed by atoms with van der Waals surface area (Å²) in [6.07, 6.45) is 21.1. The number of esters is 2.